The molecule has 18 heavy (non-hydrogen) atoms. The van der Waals surface area contributed by atoms with Gasteiger partial charge in [0.1, 0.15) is 0 Å². The predicted molar refractivity (Wildman–Crippen MR) is 73.6 cm³/mol. The van der Waals surface area contributed by atoms with E-state index >= 15 is 0 Å². The van der Waals surface area contributed by atoms with Crippen molar-refractivity contribution in [3.8, 4) is 11.1 Å². The topological polar surface area (TPSA) is 72.2 Å². The van der Waals surface area contributed by atoms with Crippen molar-refractivity contribution in [1.29, 1.82) is 0 Å². The van der Waals surface area contributed by atoms with Crippen LogP contribution in [0.3, 0.4) is 0 Å². The summed E-state index contributed by atoms with van der Waals surface area (Å²) in [5, 5.41) is 5.22. The molecule has 94 valence electrons. The van der Waals surface area contributed by atoms with Gasteiger partial charge in [0.25, 0.3) is 10.2 Å². The summed E-state index contributed by atoms with van der Waals surface area (Å²) in [6.45, 7) is 0. The van der Waals surface area contributed by atoms with Crippen molar-refractivity contribution in [3.05, 3.63) is 53.6 Å². The summed E-state index contributed by atoms with van der Waals surface area (Å²) in [5.41, 5.74) is 2.08. The summed E-state index contributed by atoms with van der Waals surface area (Å²) in [7, 11) is -3.83. The first-order valence-electron chi connectivity index (χ1n) is 5.11. The van der Waals surface area contributed by atoms with Crippen LogP contribution < -0.4 is 9.86 Å². The Bertz CT molecular complexity index is 657. The van der Waals surface area contributed by atoms with Crippen molar-refractivity contribution in [2.45, 2.75) is 0 Å². The molecule has 4 nitrogen and oxygen atoms in total. The molecule has 0 heterocycles. The van der Waals surface area contributed by atoms with E-state index in [0.717, 1.165) is 11.1 Å². The average Bonchev–Trinajstić information content (AvgIpc) is 2.31. The number of nitrogens with one attached hydrogen (secondary N) is 1. The van der Waals surface area contributed by atoms with E-state index in [1.807, 2.05) is 36.4 Å². The smallest absolute Gasteiger partial charge is 0.270 e. The van der Waals surface area contributed by atoms with Crippen molar-refractivity contribution in [2.24, 2.45) is 5.14 Å². The van der Waals surface area contributed by atoms with E-state index in [9.17, 15) is 8.42 Å². The molecule has 6 heteroatoms. The highest BCUT2D eigenvalue weighted by molar-refractivity contribution is 7.90. The van der Waals surface area contributed by atoms with Gasteiger partial charge in [-0.2, -0.15) is 8.42 Å². The standard InChI is InChI=1S/C12H11ClN2O2S/c13-11-7-6-10(9-4-2-1-3-5-9)8-12(11)15-18(14,16)17/h1-8,15H,(H2,14,16,17). The Morgan fingerprint density at radius 3 is 2.28 bits per heavy atom. The Hall–Kier alpha value is -1.56. The Kier molecular flexibility index (Phi) is 3.56. The molecule has 0 saturated carbocycles. The summed E-state index contributed by atoms with van der Waals surface area (Å²) in [6.07, 6.45) is 0. The van der Waals surface area contributed by atoms with Gasteiger partial charge in [-0.3, -0.25) is 4.72 Å². The zero-order valence-corrected chi connectivity index (χ0v) is 10.9. The molecule has 0 bridgehead atoms. The molecule has 0 amide bonds. The van der Waals surface area contributed by atoms with Crippen LogP contribution in [0.2, 0.25) is 5.02 Å². The van der Waals surface area contributed by atoms with Gasteiger partial charge in [0, 0.05) is 0 Å². The molecule has 0 atom stereocenters. The number of nitrogens with two attached hydrogens (primary N) is 1. The molecule has 3 N–H and O–H groups in total. The maximum atomic E-state index is 11.0. The van der Waals surface area contributed by atoms with Gasteiger partial charge in [0.15, 0.2) is 0 Å². The number of hydrogen-bond donors (Lipinski definition) is 2. The van der Waals surface area contributed by atoms with Gasteiger partial charge in [-0.25, -0.2) is 5.14 Å². The normalized spacial score (nSPS) is 11.2. The number of hydrogen-bond acceptors (Lipinski definition) is 2. The van der Waals surface area contributed by atoms with Gasteiger partial charge in [0.2, 0.25) is 0 Å². The van der Waals surface area contributed by atoms with Crippen LogP contribution in [0.4, 0.5) is 5.69 Å². The maximum absolute atomic E-state index is 11.0. The van der Waals surface area contributed by atoms with Crippen LogP contribution in [-0.2, 0) is 10.2 Å². The van der Waals surface area contributed by atoms with E-state index in [1.54, 1.807) is 12.1 Å². The fourth-order valence-corrected chi connectivity index (χ4v) is 2.26. The Morgan fingerprint density at radius 2 is 1.67 bits per heavy atom. The van der Waals surface area contributed by atoms with Crippen molar-refractivity contribution in [3.63, 3.8) is 0 Å². The van der Waals surface area contributed by atoms with Gasteiger partial charge in [-0.1, -0.05) is 48.0 Å². The van der Waals surface area contributed by atoms with E-state index in [0.29, 0.717) is 5.02 Å². The Morgan fingerprint density at radius 1 is 1.00 bits per heavy atom. The first kappa shape index (κ1) is 12.9. The average molecular weight is 283 g/mol. The van der Waals surface area contributed by atoms with Crippen molar-refractivity contribution < 1.29 is 8.42 Å². The molecular formula is C12H11ClN2O2S. The van der Waals surface area contributed by atoms with Gasteiger partial charge >= 0.3 is 0 Å². The number of benzene rings is 2. The number of rotatable bonds is 3. The highest BCUT2D eigenvalue weighted by Gasteiger charge is 2.08. The summed E-state index contributed by atoms with van der Waals surface area (Å²) in [6, 6.07) is 14.6. The van der Waals surface area contributed by atoms with E-state index in [4.69, 9.17) is 16.7 Å². The van der Waals surface area contributed by atoms with E-state index in [-0.39, 0.29) is 5.69 Å². The highest BCUT2D eigenvalue weighted by Crippen LogP contribution is 2.28. The monoisotopic (exact) mass is 282 g/mol. The molecule has 2 aromatic rings. The van der Waals surface area contributed by atoms with Crippen molar-refractivity contribution in [1.82, 2.24) is 0 Å². The fraction of sp³-hybridized carbons (Fsp3) is 0. The molecule has 0 aliphatic heterocycles. The minimum atomic E-state index is -3.83. The molecule has 0 aromatic heterocycles. The lowest BCUT2D eigenvalue weighted by Crippen LogP contribution is -2.21. The van der Waals surface area contributed by atoms with Crippen molar-refractivity contribution >= 4 is 27.5 Å². The second kappa shape index (κ2) is 4.97. The van der Waals surface area contributed by atoms with E-state index in [1.165, 1.54) is 0 Å². The highest BCUT2D eigenvalue weighted by atomic mass is 35.5. The van der Waals surface area contributed by atoms with Crippen LogP contribution in [0, 0.1) is 0 Å². The minimum absolute atomic E-state index is 0.264. The fourth-order valence-electron chi connectivity index (χ4n) is 1.57. The minimum Gasteiger partial charge on any atom is -0.270 e. The first-order chi connectivity index (χ1) is 8.46. The van der Waals surface area contributed by atoms with Crippen LogP contribution >= 0.6 is 11.6 Å². The lowest BCUT2D eigenvalue weighted by atomic mass is 10.1. The van der Waals surface area contributed by atoms with E-state index < -0.39 is 10.2 Å². The summed E-state index contributed by atoms with van der Waals surface area (Å²) in [4.78, 5) is 0. The molecule has 0 fully saturated rings. The van der Waals surface area contributed by atoms with Gasteiger partial charge in [-0.15, -0.1) is 0 Å². The van der Waals surface area contributed by atoms with Crippen LogP contribution in [0.1, 0.15) is 0 Å². The third-order valence-electron chi connectivity index (χ3n) is 2.33. The molecule has 0 saturated heterocycles. The summed E-state index contributed by atoms with van der Waals surface area (Å²) < 4.78 is 24.2. The van der Waals surface area contributed by atoms with Gasteiger partial charge in [-0.05, 0) is 23.3 Å². The van der Waals surface area contributed by atoms with Crippen LogP contribution in [0.15, 0.2) is 48.5 Å². The largest absolute Gasteiger partial charge is 0.296 e. The van der Waals surface area contributed by atoms with Crippen LogP contribution in [0.25, 0.3) is 11.1 Å². The van der Waals surface area contributed by atoms with Crippen molar-refractivity contribution in [2.75, 3.05) is 4.72 Å². The maximum Gasteiger partial charge on any atom is 0.296 e. The predicted octanol–water partition coefficient (Wildman–Crippen LogP) is 2.62. The second-order valence-electron chi connectivity index (χ2n) is 3.71. The molecule has 0 aliphatic carbocycles. The Balaban J connectivity index is 2.44. The zero-order valence-electron chi connectivity index (χ0n) is 9.30. The van der Waals surface area contributed by atoms with Gasteiger partial charge in [0.05, 0.1) is 10.7 Å². The van der Waals surface area contributed by atoms with Crippen LogP contribution in [-0.4, -0.2) is 8.42 Å². The molecule has 2 rings (SSSR count). The molecular weight excluding hydrogens is 272 g/mol. The molecule has 0 unspecified atom stereocenters. The zero-order chi connectivity index (χ0) is 13.2. The summed E-state index contributed by atoms with van der Waals surface area (Å²) >= 11 is 5.91. The quantitative estimate of drug-likeness (QED) is 0.908. The molecule has 0 spiro atoms. The molecule has 0 aliphatic rings. The third kappa shape index (κ3) is 3.22. The number of anilines is 1. The lowest BCUT2D eigenvalue weighted by molar-refractivity contribution is 0.603. The van der Waals surface area contributed by atoms with E-state index in [2.05, 4.69) is 4.72 Å². The molecule has 2 aromatic carbocycles. The summed E-state index contributed by atoms with van der Waals surface area (Å²) in [5.74, 6) is 0. The Labute approximate surface area is 111 Å². The molecule has 0 radical (unpaired) electrons. The second-order valence-corrected chi connectivity index (χ2v) is 5.41. The third-order valence-corrected chi connectivity index (χ3v) is 3.16. The van der Waals surface area contributed by atoms with Gasteiger partial charge < -0.3 is 0 Å². The first-order valence-corrected chi connectivity index (χ1v) is 7.04. The number of halogens is 1. The van der Waals surface area contributed by atoms with Crippen LogP contribution in [0.5, 0.6) is 0 Å². The SMILES string of the molecule is NS(=O)(=O)Nc1cc(-c2ccccc2)ccc1Cl. The lowest BCUT2D eigenvalue weighted by Gasteiger charge is -2.08.